The van der Waals surface area contributed by atoms with Crippen molar-refractivity contribution in [3.05, 3.63) is 106 Å². The van der Waals surface area contributed by atoms with Crippen LogP contribution in [0.3, 0.4) is 0 Å². The quantitative estimate of drug-likeness (QED) is 0.312. The standard InChI is InChI=1S/C36H48ClN5O/c1-4-40(5-2)27-35(29-11-7-6-8-12-29)41-19-21-42(22-20-41)36(43)34(23-28-15-17-32(37)18-16-28)38-25-33-24-30-13-9-10-14-31(30)26-39(33)3/h6-18,33-35,38H,4-5,19-27H2,1-3H3/t33-,34-,35?/m1/s1. The average molecular weight is 602 g/mol. The minimum atomic E-state index is -0.279. The Labute approximate surface area is 263 Å². The molecule has 2 heterocycles. The second kappa shape index (κ2) is 15.3. The molecule has 0 spiro atoms. The number of rotatable bonds is 12. The van der Waals surface area contributed by atoms with E-state index < -0.39 is 0 Å². The molecule has 43 heavy (non-hydrogen) atoms. The Kier molecular flexibility index (Phi) is 11.3. The molecule has 1 fully saturated rings. The van der Waals surface area contributed by atoms with Crippen molar-refractivity contribution in [1.82, 2.24) is 24.9 Å². The van der Waals surface area contributed by atoms with Crippen molar-refractivity contribution in [2.45, 2.75) is 51.4 Å². The lowest BCUT2D eigenvalue weighted by molar-refractivity contribution is -0.135. The zero-order valence-corrected chi connectivity index (χ0v) is 26.8. The predicted octanol–water partition coefficient (Wildman–Crippen LogP) is 5.12. The topological polar surface area (TPSA) is 42.1 Å². The molecule has 230 valence electrons. The molecule has 3 aromatic carbocycles. The largest absolute Gasteiger partial charge is 0.339 e. The lowest BCUT2D eigenvalue weighted by Crippen LogP contribution is -2.57. The van der Waals surface area contributed by atoms with Crippen LogP contribution in [0.2, 0.25) is 5.02 Å². The number of amides is 1. The van der Waals surface area contributed by atoms with Gasteiger partial charge in [0.15, 0.2) is 0 Å². The van der Waals surface area contributed by atoms with Crippen LogP contribution in [0.25, 0.3) is 0 Å². The molecule has 1 amide bonds. The fourth-order valence-corrected chi connectivity index (χ4v) is 6.76. The van der Waals surface area contributed by atoms with Crippen molar-refractivity contribution in [2.24, 2.45) is 0 Å². The Bertz CT molecular complexity index is 1290. The second-order valence-corrected chi connectivity index (χ2v) is 12.5. The number of nitrogens with zero attached hydrogens (tertiary/aromatic N) is 4. The molecule has 0 aliphatic carbocycles. The summed E-state index contributed by atoms with van der Waals surface area (Å²) in [6.07, 6.45) is 1.64. The second-order valence-electron chi connectivity index (χ2n) is 12.1. The summed E-state index contributed by atoms with van der Waals surface area (Å²) in [6.45, 7) is 12.5. The summed E-state index contributed by atoms with van der Waals surface area (Å²) in [5, 5.41) is 4.44. The van der Waals surface area contributed by atoms with Crippen LogP contribution in [0.1, 0.15) is 42.1 Å². The van der Waals surface area contributed by atoms with Gasteiger partial charge in [0.1, 0.15) is 0 Å². The van der Waals surface area contributed by atoms with Crippen LogP contribution in [0.4, 0.5) is 0 Å². The van der Waals surface area contributed by atoms with Crippen molar-refractivity contribution in [1.29, 1.82) is 0 Å². The van der Waals surface area contributed by atoms with Gasteiger partial charge in [0.05, 0.1) is 6.04 Å². The van der Waals surface area contributed by atoms with E-state index in [0.717, 1.165) is 75.9 Å². The van der Waals surface area contributed by atoms with E-state index in [-0.39, 0.29) is 11.9 Å². The van der Waals surface area contributed by atoms with Crippen molar-refractivity contribution >= 4 is 17.5 Å². The third-order valence-corrected chi connectivity index (χ3v) is 9.70. The first kappa shape index (κ1) is 31.7. The molecule has 5 rings (SSSR count). The van der Waals surface area contributed by atoms with Gasteiger partial charge in [0.2, 0.25) is 5.91 Å². The van der Waals surface area contributed by atoms with Gasteiger partial charge in [0, 0.05) is 62.9 Å². The number of likely N-dealkylation sites (N-methyl/N-ethyl adjacent to an activating group) is 2. The zero-order chi connectivity index (χ0) is 30.2. The predicted molar refractivity (Wildman–Crippen MR) is 177 cm³/mol. The fourth-order valence-electron chi connectivity index (χ4n) is 6.64. The van der Waals surface area contributed by atoms with E-state index in [1.165, 1.54) is 16.7 Å². The lowest BCUT2D eigenvalue weighted by Gasteiger charge is -2.42. The SMILES string of the molecule is CCN(CC)CC(c1ccccc1)N1CCN(C(=O)[C@@H](Cc2ccc(Cl)cc2)NC[C@H]2Cc3ccccc3CN2C)CC1. The number of hydrogen-bond acceptors (Lipinski definition) is 5. The fraction of sp³-hybridized carbons (Fsp3) is 0.472. The van der Waals surface area contributed by atoms with Crippen LogP contribution in [0, 0.1) is 0 Å². The van der Waals surface area contributed by atoms with Crippen molar-refractivity contribution < 1.29 is 4.79 Å². The van der Waals surface area contributed by atoms with Gasteiger partial charge in [-0.05, 0) is 67.4 Å². The molecule has 2 aliphatic rings. The van der Waals surface area contributed by atoms with E-state index in [2.05, 4.69) is 100 Å². The third kappa shape index (κ3) is 8.25. The molecule has 0 saturated carbocycles. The summed E-state index contributed by atoms with van der Waals surface area (Å²) in [5.41, 5.74) is 5.30. The molecule has 7 heteroatoms. The molecule has 0 aromatic heterocycles. The molecule has 2 aliphatic heterocycles. The Morgan fingerprint density at radius 3 is 2.23 bits per heavy atom. The van der Waals surface area contributed by atoms with Gasteiger partial charge < -0.3 is 15.1 Å². The summed E-state index contributed by atoms with van der Waals surface area (Å²) < 4.78 is 0. The molecule has 3 atom stereocenters. The van der Waals surface area contributed by atoms with Gasteiger partial charge in [-0.25, -0.2) is 0 Å². The Morgan fingerprint density at radius 2 is 1.56 bits per heavy atom. The van der Waals surface area contributed by atoms with Gasteiger partial charge in [0.25, 0.3) is 0 Å². The molecule has 1 unspecified atom stereocenters. The summed E-state index contributed by atoms with van der Waals surface area (Å²) in [4.78, 5) is 23.7. The van der Waals surface area contributed by atoms with E-state index in [0.29, 0.717) is 18.5 Å². The van der Waals surface area contributed by atoms with Gasteiger partial charge in [-0.15, -0.1) is 0 Å². The van der Waals surface area contributed by atoms with Crippen molar-refractivity contribution in [3.8, 4) is 0 Å². The molecule has 0 bridgehead atoms. The average Bonchev–Trinajstić information content (AvgIpc) is 3.05. The highest BCUT2D eigenvalue weighted by molar-refractivity contribution is 6.30. The van der Waals surface area contributed by atoms with Crippen LogP contribution < -0.4 is 5.32 Å². The number of carbonyl (C=O) groups is 1. The van der Waals surface area contributed by atoms with Crippen molar-refractivity contribution in [2.75, 3.05) is 59.4 Å². The molecular formula is C36H48ClN5O. The number of hydrogen-bond donors (Lipinski definition) is 1. The number of carbonyl (C=O) groups excluding carboxylic acids is 1. The first-order valence-corrected chi connectivity index (χ1v) is 16.4. The Balaban J connectivity index is 1.26. The van der Waals surface area contributed by atoms with Gasteiger partial charge in [-0.3, -0.25) is 14.6 Å². The maximum absolute atomic E-state index is 14.1. The van der Waals surface area contributed by atoms with Crippen LogP contribution in [0.15, 0.2) is 78.9 Å². The maximum Gasteiger partial charge on any atom is 0.240 e. The van der Waals surface area contributed by atoms with Crippen LogP contribution in [-0.4, -0.2) is 97.0 Å². The van der Waals surface area contributed by atoms with E-state index in [1.54, 1.807) is 0 Å². The third-order valence-electron chi connectivity index (χ3n) is 9.44. The molecule has 6 nitrogen and oxygen atoms in total. The smallest absolute Gasteiger partial charge is 0.240 e. The minimum absolute atomic E-state index is 0.202. The number of benzene rings is 3. The number of fused-ring (bicyclic) bond motifs is 1. The lowest BCUT2D eigenvalue weighted by atomic mass is 9.94. The maximum atomic E-state index is 14.1. The first-order valence-electron chi connectivity index (χ1n) is 16.0. The van der Waals surface area contributed by atoms with Crippen LogP contribution in [-0.2, 0) is 24.2 Å². The van der Waals surface area contributed by atoms with E-state index in [9.17, 15) is 4.79 Å². The van der Waals surface area contributed by atoms with Crippen molar-refractivity contribution in [3.63, 3.8) is 0 Å². The monoisotopic (exact) mass is 601 g/mol. The van der Waals surface area contributed by atoms with E-state index in [4.69, 9.17) is 11.6 Å². The highest BCUT2D eigenvalue weighted by Gasteiger charge is 2.32. The first-order chi connectivity index (χ1) is 20.9. The molecule has 0 radical (unpaired) electrons. The molecule has 3 aromatic rings. The van der Waals surface area contributed by atoms with Gasteiger partial charge in [-0.2, -0.15) is 0 Å². The Morgan fingerprint density at radius 1 is 0.907 bits per heavy atom. The summed E-state index contributed by atoms with van der Waals surface area (Å²) in [6, 6.07) is 27.9. The molecule has 1 saturated heterocycles. The Hall–Kier alpha value is -2.74. The van der Waals surface area contributed by atoms with Gasteiger partial charge in [-0.1, -0.05) is 92.2 Å². The highest BCUT2D eigenvalue weighted by atomic mass is 35.5. The number of piperazine rings is 1. The summed E-state index contributed by atoms with van der Waals surface area (Å²) in [5.74, 6) is 0.202. The minimum Gasteiger partial charge on any atom is -0.339 e. The molecule has 1 N–H and O–H groups in total. The summed E-state index contributed by atoms with van der Waals surface area (Å²) in [7, 11) is 2.19. The normalized spacial score (nSPS) is 19.3. The number of nitrogens with one attached hydrogen (secondary N) is 1. The van der Waals surface area contributed by atoms with Crippen LogP contribution in [0.5, 0.6) is 0 Å². The van der Waals surface area contributed by atoms with E-state index >= 15 is 0 Å². The highest BCUT2D eigenvalue weighted by Crippen LogP contribution is 2.25. The van der Waals surface area contributed by atoms with Crippen LogP contribution >= 0.6 is 11.6 Å². The van der Waals surface area contributed by atoms with E-state index in [1.807, 2.05) is 24.3 Å². The molecular weight excluding hydrogens is 554 g/mol. The zero-order valence-electron chi connectivity index (χ0n) is 26.1. The number of halogens is 1. The van der Waals surface area contributed by atoms with Gasteiger partial charge >= 0.3 is 0 Å². The summed E-state index contributed by atoms with van der Waals surface area (Å²) >= 11 is 6.18.